The molecule has 0 spiro atoms. The summed E-state index contributed by atoms with van der Waals surface area (Å²) in [6, 6.07) is 4.41. The van der Waals surface area contributed by atoms with Gasteiger partial charge >= 0.3 is 0 Å². The Bertz CT molecular complexity index is 902. The van der Waals surface area contributed by atoms with E-state index < -0.39 is 10.8 Å². The third-order valence-electron chi connectivity index (χ3n) is 4.71. The average Bonchev–Trinajstić information content (AvgIpc) is 2.94. The number of benzene rings is 1. The summed E-state index contributed by atoms with van der Waals surface area (Å²) in [5, 5.41) is 14.4. The molecule has 25 heavy (non-hydrogen) atoms. The molecular formula is C17H13ClN2O5. The minimum Gasteiger partial charge on any atom is -0.367 e. The highest BCUT2D eigenvalue weighted by molar-refractivity contribution is 6.32. The van der Waals surface area contributed by atoms with Crippen LogP contribution in [0.3, 0.4) is 0 Å². The van der Waals surface area contributed by atoms with Crippen molar-refractivity contribution in [3.63, 3.8) is 0 Å². The van der Waals surface area contributed by atoms with Crippen molar-refractivity contribution in [1.29, 1.82) is 0 Å². The van der Waals surface area contributed by atoms with Crippen molar-refractivity contribution in [2.45, 2.75) is 18.8 Å². The summed E-state index contributed by atoms with van der Waals surface area (Å²) in [5.41, 5.74) is 2.65. The first kappa shape index (κ1) is 16.0. The molecule has 1 aliphatic carbocycles. The van der Waals surface area contributed by atoms with Crippen LogP contribution in [-0.2, 0) is 14.3 Å². The number of nitro benzene ring substituents is 1. The number of rotatable bonds is 2. The molecular weight excluding hydrogens is 348 g/mol. The minimum absolute atomic E-state index is 0.0159. The maximum Gasteiger partial charge on any atom is 0.288 e. The SMILES string of the molecule is O=C1CCC2=C1C(c1ccc(Cl)c([N+](=O)[O-])c1)C1=C(COCC1=O)N2. The number of allylic oxidation sites excluding steroid dienone is 2. The predicted octanol–water partition coefficient (Wildman–Crippen LogP) is 2.41. The molecule has 0 amide bonds. The van der Waals surface area contributed by atoms with Crippen LogP contribution in [0.4, 0.5) is 5.69 Å². The van der Waals surface area contributed by atoms with Gasteiger partial charge in [-0.15, -0.1) is 0 Å². The normalized spacial score (nSPS) is 22.7. The summed E-state index contributed by atoms with van der Waals surface area (Å²) in [6.45, 7) is 0.182. The van der Waals surface area contributed by atoms with Crippen molar-refractivity contribution in [2.75, 3.05) is 13.2 Å². The zero-order valence-corrected chi connectivity index (χ0v) is 13.8. The zero-order chi connectivity index (χ0) is 17.7. The summed E-state index contributed by atoms with van der Waals surface area (Å²) < 4.78 is 5.29. The lowest BCUT2D eigenvalue weighted by atomic mass is 9.78. The van der Waals surface area contributed by atoms with Gasteiger partial charge in [-0.3, -0.25) is 19.7 Å². The summed E-state index contributed by atoms with van der Waals surface area (Å²) in [4.78, 5) is 35.6. The Morgan fingerprint density at radius 2 is 1.88 bits per heavy atom. The Hall–Kier alpha value is -2.51. The van der Waals surface area contributed by atoms with Crippen molar-refractivity contribution in [3.05, 3.63) is 61.4 Å². The third kappa shape index (κ3) is 2.47. The second kappa shape index (κ2) is 5.79. The van der Waals surface area contributed by atoms with Crippen LogP contribution in [0.25, 0.3) is 0 Å². The van der Waals surface area contributed by atoms with Gasteiger partial charge < -0.3 is 10.1 Å². The number of dihydropyridines is 1. The largest absolute Gasteiger partial charge is 0.367 e. The molecule has 0 saturated heterocycles. The first-order valence-electron chi connectivity index (χ1n) is 7.78. The van der Waals surface area contributed by atoms with Gasteiger partial charge in [0.2, 0.25) is 0 Å². The van der Waals surface area contributed by atoms with Crippen molar-refractivity contribution < 1.29 is 19.2 Å². The fourth-order valence-electron chi connectivity index (χ4n) is 3.66. The van der Waals surface area contributed by atoms with Crippen LogP contribution in [0.2, 0.25) is 5.02 Å². The second-order valence-corrected chi connectivity index (χ2v) is 6.56. The number of nitrogens with one attached hydrogen (secondary N) is 1. The van der Waals surface area contributed by atoms with E-state index in [2.05, 4.69) is 5.32 Å². The van der Waals surface area contributed by atoms with Gasteiger partial charge in [0.05, 0.1) is 11.5 Å². The van der Waals surface area contributed by atoms with E-state index in [-0.39, 0.29) is 35.5 Å². The van der Waals surface area contributed by atoms with Gasteiger partial charge in [-0.05, 0) is 18.1 Å². The van der Waals surface area contributed by atoms with Crippen molar-refractivity contribution >= 4 is 28.9 Å². The fraction of sp³-hybridized carbons (Fsp3) is 0.294. The number of carbonyl (C=O) groups is 2. The van der Waals surface area contributed by atoms with Crippen molar-refractivity contribution in [3.8, 4) is 0 Å². The molecule has 0 aromatic heterocycles. The Kier molecular flexibility index (Phi) is 3.70. The van der Waals surface area contributed by atoms with Crippen LogP contribution in [0.5, 0.6) is 0 Å². The molecule has 1 aromatic rings. The maximum atomic E-state index is 12.5. The van der Waals surface area contributed by atoms with E-state index in [0.29, 0.717) is 35.2 Å². The lowest BCUT2D eigenvalue weighted by Crippen LogP contribution is -2.36. The Morgan fingerprint density at radius 3 is 2.64 bits per heavy atom. The number of ether oxygens (including phenoxy) is 1. The topological polar surface area (TPSA) is 98.5 Å². The molecule has 4 rings (SSSR count). The van der Waals surface area contributed by atoms with E-state index in [1.165, 1.54) is 12.1 Å². The van der Waals surface area contributed by atoms with Gasteiger partial charge in [0.15, 0.2) is 11.6 Å². The highest BCUT2D eigenvalue weighted by Gasteiger charge is 2.42. The first-order valence-corrected chi connectivity index (χ1v) is 8.16. The van der Waals surface area contributed by atoms with E-state index in [4.69, 9.17) is 16.3 Å². The summed E-state index contributed by atoms with van der Waals surface area (Å²) in [6.07, 6.45) is 0.921. The van der Waals surface area contributed by atoms with E-state index in [9.17, 15) is 19.7 Å². The second-order valence-electron chi connectivity index (χ2n) is 6.15. The Balaban J connectivity index is 1.92. The number of hydrogen-bond donors (Lipinski definition) is 1. The van der Waals surface area contributed by atoms with Crippen LogP contribution in [-0.4, -0.2) is 29.7 Å². The molecule has 0 radical (unpaired) electrons. The van der Waals surface area contributed by atoms with E-state index in [0.717, 1.165) is 5.70 Å². The number of Topliss-reactive ketones (excluding diaryl/α,β-unsaturated/α-hetero) is 2. The molecule has 2 aliphatic heterocycles. The standard InChI is InChI=1S/C17H13ClN2O5/c18-9-2-1-8(5-12(9)20(23)24)15-16-10(3-4-13(16)21)19-11-6-25-7-14(22)17(11)15/h1-2,5,15,19H,3-4,6-7H2. The highest BCUT2D eigenvalue weighted by Crippen LogP contribution is 2.45. The monoisotopic (exact) mass is 360 g/mol. The van der Waals surface area contributed by atoms with Crippen LogP contribution in [0.15, 0.2) is 40.7 Å². The van der Waals surface area contributed by atoms with Gasteiger partial charge in [-0.2, -0.15) is 0 Å². The Morgan fingerprint density at radius 1 is 1.12 bits per heavy atom. The van der Waals surface area contributed by atoms with Crippen molar-refractivity contribution in [1.82, 2.24) is 5.32 Å². The Labute approximate surface area is 147 Å². The summed E-state index contributed by atoms with van der Waals surface area (Å²) >= 11 is 5.90. The average molecular weight is 361 g/mol. The van der Waals surface area contributed by atoms with Gasteiger partial charge in [0, 0.05) is 40.9 Å². The molecule has 7 nitrogen and oxygen atoms in total. The molecule has 0 bridgehead atoms. The first-order chi connectivity index (χ1) is 12.0. The number of hydrogen-bond acceptors (Lipinski definition) is 6. The van der Waals surface area contributed by atoms with E-state index in [1.807, 2.05) is 0 Å². The fourth-order valence-corrected chi connectivity index (χ4v) is 3.84. The number of nitro groups is 1. The molecule has 1 aromatic carbocycles. The molecule has 3 aliphatic rings. The number of nitrogens with zero attached hydrogens (tertiary/aromatic N) is 1. The molecule has 1 atom stereocenters. The van der Waals surface area contributed by atoms with E-state index in [1.54, 1.807) is 6.07 Å². The van der Waals surface area contributed by atoms with Gasteiger partial charge in [0.25, 0.3) is 5.69 Å². The van der Waals surface area contributed by atoms with Crippen LogP contribution in [0.1, 0.15) is 24.3 Å². The van der Waals surface area contributed by atoms with Gasteiger partial charge in [-0.25, -0.2) is 0 Å². The molecule has 128 valence electrons. The number of carbonyl (C=O) groups excluding carboxylic acids is 2. The molecule has 0 saturated carbocycles. The summed E-state index contributed by atoms with van der Waals surface area (Å²) in [7, 11) is 0. The third-order valence-corrected chi connectivity index (χ3v) is 5.03. The molecule has 1 unspecified atom stereocenters. The minimum atomic E-state index is -0.617. The van der Waals surface area contributed by atoms with E-state index >= 15 is 0 Å². The maximum absolute atomic E-state index is 12.5. The van der Waals surface area contributed by atoms with Crippen molar-refractivity contribution in [2.24, 2.45) is 0 Å². The number of halogens is 1. The highest BCUT2D eigenvalue weighted by atomic mass is 35.5. The predicted molar refractivity (Wildman–Crippen MR) is 88.1 cm³/mol. The van der Waals surface area contributed by atoms with Crippen LogP contribution >= 0.6 is 11.6 Å². The lowest BCUT2D eigenvalue weighted by molar-refractivity contribution is -0.384. The molecule has 1 N–H and O–H groups in total. The van der Waals surface area contributed by atoms with Gasteiger partial charge in [-0.1, -0.05) is 17.7 Å². The summed E-state index contributed by atoms with van der Waals surface area (Å²) in [5.74, 6) is -0.882. The molecule has 8 heteroatoms. The van der Waals surface area contributed by atoms with Crippen LogP contribution < -0.4 is 5.32 Å². The molecule has 0 fully saturated rings. The lowest BCUT2D eigenvalue weighted by Gasteiger charge is -2.33. The zero-order valence-electron chi connectivity index (χ0n) is 13.0. The van der Waals surface area contributed by atoms with Crippen LogP contribution in [0, 0.1) is 10.1 Å². The number of ketones is 2. The smallest absolute Gasteiger partial charge is 0.288 e. The van der Waals surface area contributed by atoms with Gasteiger partial charge in [0.1, 0.15) is 11.6 Å². The molecule has 2 heterocycles. The quantitative estimate of drug-likeness (QED) is 0.642.